The molecule has 0 fully saturated rings. The van der Waals surface area contributed by atoms with Crippen LogP contribution >= 0.6 is 0 Å². The molecule has 3 heteroatoms. The molecule has 1 aliphatic rings. The van der Waals surface area contributed by atoms with Gasteiger partial charge in [-0.15, -0.1) is 0 Å². The minimum Gasteiger partial charge on any atom is -0.508 e. The van der Waals surface area contributed by atoms with Crippen molar-refractivity contribution in [2.75, 3.05) is 0 Å². The SMILES string of the molecule is CC1=CC(=O)C(O)C(C)=C1O. The van der Waals surface area contributed by atoms with Crippen LogP contribution in [0.1, 0.15) is 13.8 Å². The van der Waals surface area contributed by atoms with Crippen LogP contribution < -0.4 is 0 Å². The predicted octanol–water partition coefficient (Wildman–Crippen LogP) is 0.708. The molecule has 0 bridgehead atoms. The van der Waals surface area contributed by atoms with Crippen molar-refractivity contribution in [2.45, 2.75) is 20.0 Å². The number of allylic oxidation sites excluding steroid dienone is 1. The van der Waals surface area contributed by atoms with Gasteiger partial charge in [0.15, 0.2) is 5.78 Å². The first-order valence-corrected chi connectivity index (χ1v) is 3.34. The molecule has 1 unspecified atom stereocenters. The van der Waals surface area contributed by atoms with Crippen molar-refractivity contribution < 1.29 is 15.0 Å². The molecule has 0 aliphatic heterocycles. The van der Waals surface area contributed by atoms with Gasteiger partial charge in [0.2, 0.25) is 0 Å². The summed E-state index contributed by atoms with van der Waals surface area (Å²) in [6.07, 6.45) is 0.0891. The first-order valence-electron chi connectivity index (χ1n) is 3.34. The van der Waals surface area contributed by atoms with Crippen LogP contribution in [0.25, 0.3) is 0 Å². The normalized spacial score (nSPS) is 25.5. The Hall–Kier alpha value is -1.09. The summed E-state index contributed by atoms with van der Waals surface area (Å²) in [7, 11) is 0. The smallest absolute Gasteiger partial charge is 0.188 e. The second kappa shape index (κ2) is 2.51. The maximum atomic E-state index is 10.9. The van der Waals surface area contributed by atoms with Crippen molar-refractivity contribution in [1.82, 2.24) is 0 Å². The molecule has 1 atom stereocenters. The van der Waals surface area contributed by atoms with Gasteiger partial charge in [0.25, 0.3) is 0 Å². The van der Waals surface area contributed by atoms with Crippen LogP contribution in [0.3, 0.4) is 0 Å². The Labute approximate surface area is 64.7 Å². The summed E-state index contributed by atoms with van der Waals surface area (Å²) in [6, 6.07) is 0. The fourth-order valence-corrected chi connectivity index (χ4v) is 1.01. The number of hydrogen-bond donors (Lipinski definition) is 2. The van der Waals surface area contributed by atoms with Gasteiger partial charge in [0, 0.05) is 5.57 Å². The van der Waals surface area contributed by atoms with Gasteiger partial charge in [0.1, 0.15) is 11.9 Å². The fraction of sp³-hybridized carbons (Fsp3) is 0.375. The summed E-state index contributed by atoms with van der Waals surface area (Å²) < 4.78 is 0. The average molecular weight is 154 g/mol. The molecule has 2 N–H and O–H groups in total. The van der Waals surface area contributed by atoms with E-state index in [1.807, 2.05) is 0 Å². The number of aliphatic hydroxyl groups is 2. The second-order valence-electron chi connectivity index (χ2n) is 2.66. The van der Waals surface area contributed by atoms with Crippen LogP contribution in [0.5, 0.6) is 0 Å². The molecule has 0 aromatic rings. The van der Waals surface area contributed by atoms with E-state index in [0.717, 1.165) is 0 Å². The lowest BCUT2D eigenvalue weighted by atomic mass is 9.96. The molecule has 11 heavy (non-hydrogen) atoms. The zero-order valence-corrected chi connectivity index (χ0v) is 6.46. The number of hydrogen-bond acceptors (Lipinski definition) is 3. The summed E-state index contributed by atoms with van der Waals surface area (Å²) in [5, 5.41) is 18.4. The molecule has 0 radical (unpaired) electrons. The predicted molar refractivity (Wildman–Crippen MR) is 40.1 cm³/mol. The summed E-state index contributed by atoms with van der Waals surface area (Å²) in [5.41, 5.74) is 0.841. The van der Waals surface area contributed by atoms with E-state index in [4.69, 9.17) is 5.11 Å². The van der Waals surface area contributed by atoms with Crippen LogP contribution in [-0.4, -0.2) is 22.1 Å². The van der Waals surface area contributed by atoms with E-state index in [-0.39, 0.29) is 11.5 Å². The van der Waals surface area contributed by atoms with Gasteiger partial charge < -0.3 is 10.2 Å². The maximum Gasteiger partial charge on any atom is 0.188 e. The van der Waals surface area contributed by atoms with Crippen molar-refractivity contribution in [2.24, 2.45) is 0 Å². The number of carbonyl (C=O) groups excluding carboxylic acids is 1. The Morgan fingerprint density at radius 3 is 2.55 bits per heavy atom. The van der Waals surface area contributed by atoms with Gasteiger partial charge in [-0.05, 0) is 25.5 Å². The molecule has 0 saturated carbocycles. The van der Waals surface area contributed by atoms with Crippen LogP contribution in [0.15, 0.2) is 23.0 Å². The minimum atomic E-state index is -1.15. The highest BCUT2D eigenvalue weighted by Gasteiger charge is 2.23. The van der Waals surface area contributed by atoms with E-state index in [9.17, 15) is 9.90 Å². The van der Waals surface area contributed by atoms with E-state index < -0.39 is 6.10 Å². The number of aliphatic hydroxyl groups excluding tert-OH is 2. The molecule has 60 valence electrons. The standard InChI is InChI=1S/C8H10O3/c1-4-3-6(9)8(11)5(2)7(4)10/h3,8,10-11H,1-2H3. The average Bonchev–Trinajstić information content (AvgIpc) is 1.97. The van der Waals surface area contributed by atoms with Gasteiger partial charge in [0.05, 0.1) is 0 Å². The summed E-state index contributed by atoms with van der Waals surface area (Å²) in [5.74, 6) is -0.338. The highest BCUT2D eigenvalue weighted by Crippen LogP contribution is 2.20. The van der Waals surface area contributed by atoms with Crippen molar-refractivity contribution in [3.05, 3.63) is 23.0 Å². The van der Waals surface area contributed by atoms with Gasteiger partial charge in [-0.2, -0.15) is 0 Å². The lowest BCUT2D eigenvalue weighted by molar-refractivity contribution is -0.121. The molecule has 0 spiro atoms. The van der Waals surface area contributed by atoms with Gasteiger partial charge in [-0.1, -0.05) is 0 Å². The topological polar surface area (TPSA) is 57.5 Å². The highest BCUT2D eigenvalue weighted by atomic mass is 16.3. The molecule has 0 heterocycles. The van der Waals surface area contributed by atoms with Crippen LogP contribution in [-0.2, 0) is 4.79 Å². The summed E-state index contributed by atoms with van der Waals surface area (Å²) in [6.45, 7) is 3.16. The van der Waals surface area contributed by atoms with Crippen LogP contribution in [0, 0.1) is 0 Å². The molecular formula is C8H10O3. The third-order valence-electron chi connectivity index (χ3n) is 1.79. The Bertz CT molecular complexity index is 261. The fourth-order valence-electron chi connectivity index (χ4n) is 1.01. The van der Waals surface area contributed by atoms with Crippen molar-refractivity contribution >= 4 is 5.78 Å². The Kier molecular flexibility index (Phi) is 1.83. The summed E-state index contributed by atoms with van der Waals surface area (Å²) >= 11 is 0. The molecule has 0 saturated heterocycles. The monoisotopic (exact) mass is 154 g/mol. The third-order valence-corrected chi connectivity index (χ3v) is 1.79. The largest absolute Gasteiger partial charge is 0.508 e. The minimum absolute atomic E-state index is 0.0251. The van der Waals surface area contributed by atoms with Crippen LogP contribution in [0.4, 0.5) is 0 Å². The second-order valence-corrected chi connectivity index (χ2v) is 2.66. The molecule has 0 amide bonds. The maximum absolute atomic E-state index is 10.9. The summed E-state index contributed by atoms with van der Waals surface area (Å²) in [4.78, 5) is 10.9. The van der Waals surface area contributed by atoms with Crippen molar-refractivity contribution in [3.8, 4) is 0 Å². The van der Waals surface area contributed by atoms with Crippen molar-refractivity contribution in [3.63, 3.8) is 0 Å². The number of carbonyl (C=O) groups is 1. The van der Waals surface area contributed by atoms with Gasteiger partial charge in [-0.3, -0.25) is 4.79 Å². The molecule has 1 rings (SSSR count). The first-order chi connectivity index (χ1) is 5.04. The number of ketones is 1. The van der Waals surface area contributed by atoms with E-state index in [1.165, 1.54) is 13.0 Å². The Morgan fingerprint density at radius 2 is 2.00 bits per heavy atom. The first kappa shape index (κ1) is 8.01. The van der Waals surface area contributed by atoms with Crippen LogP contribution in [0.2, 0.25) is 0 Å². The molecule has 0 aromatic carbocycles. The van der Waals surface area contributed by atoms with E-state index in [0.29, 0.717) is 11.1 Å². The third kappa shape index (κ3) is 1.19. The lowest BCUT2D eigenvalue weighted by Crippen LogP contribution is -2.24. The van der Waals surface area contributed by atoms with Gasteiger partial charge >= 0.3 is 0 Å². The Balaban J connectivity index is 3.12. The molecule has 1 aliphatic carbocycles. The lowest BCUT2D eigenvalue weighted by Gasteiger charge is -2.16. The van der Waals surface area contributed by atoms with E-state index >= 15 is 0 Å². The zero-order chi connectivity index (χ0) is 8.59. The van der Waals surface area contributed by atoms with E-state index in [1.54, 1.807) is 6.92 Å². The Morgan fingerprint density at radius 1 is 1.45 bits per heavy atom. The molecule has 3 nitrogen and oxygen atoms in total. The quantitative estimate of drug-likeness (QED) is 0.540. The highest BCUT2D eigenvalue weighted by molar-refractivity contribution is 5.98. The van der Waals surface area contributed by atoms with Gasteiger partial charge in [-0.25, -0.2) is 0 Å². The zero-order valence-electron chi connectivity index (χ0n) is 6.46. The number of rotatable bonds is 0. The molecular weight excluding hydrogens is 144 g/mol. The molecule has 0 aromatic heterocycles. The van der Waals surface area contributed by atoms with E-state index in [2.05, 4.69) is 0 Å². The van der Waals surface area contributed by atoms with Crippen molar-refractivity contribution in [1.29, 1.82) is 0 Å².